The zero-order valence-electron chi connectivity index (χ0n) is 11.8. The Morgan fingerprint density at radius 1 is 1.00 bits per heavy atom. The predicted molar refractivity (Wildman–Crippen MR) is 86.9 cm³/mol. The lowest BCUT2D eigenvalue weighted by atomic mass is 10.0. The molecule has 1 aromatic carbocycles. The number of hydrogen-bond acceptors (Lipinski definition) is 2. The summed E-state index contributed by atoms with van der Waals surface area (Å²) in [5.74, 6) is 0. The molecule has 0 saturated carbocycles. The highest BCUT2D eigenvalue weighted by atomic mass is 32.1. The summed E-state index contributed by atoms with van der Waals surface area (Å²) in [6.07, 6.45) is 6.42. The van der Waals surface area contributed by atoms with Crippen LogP contribution in [0.3, 0.4) is 0 Å². The van der Waals surface area contributed by atoms with Crippen LogP contribution in [0.2, 0.25) is 0 Å². The first-order chi connectivity index (χ1) is 9.81. The fraction of sp³-hybridized carbons (Fsp3) is 0.333. The van der Waals surface area contributed by atoms with Gasteiger partial charge in [-0.05, 0) is 49.6 Å². The molecular weight excluding hydrogens is 262 g/mol. The summed E-state index contributed by atoms with van der Waals surface area (Å²) in [6.45, 7) is 0. The van der Waals surface area contributed by atoms with Crippen molar-refractivity contribution in [2.75, 3.05) is 7.05 Å². The number of hydrogen-bond donors (Lipinski definition) is 0. The number of nitrogens with zero attached hydrogens (tertiary/aromatic N) is 1. The van der Waals surface area contributed by atoms with Crippen molar-refractivity contribution in [3.05, 3.63) is 53.4 Å². The van der Waals surface area contributed by atoms with Gasteiger partial charge in [0.05, 0.1) is 0 Å². The van der Waals surface area contributed by atoms with Gasteiger partial charge in [0.15, 0.2) is 0 Å². The molecule has 2 aromatic rings. The van der Waals surface area contributed by atoms with Crippen LogP contribution in [0.4, 0.5) is 0 Å². The van der Waals surface area contributed by atoms with Crippen LogP contribution in [0, 0.1) is 0 Å². The molecular formula is C18H19NS. The Morgan fingerprint density at radius 2 is 1.80 bits per heavy atom. The van der Waals surface area contributed by atoms with E-state index in [1.54, 1.807) is 5.57 Å². The Bertz CT molecular complexity index is 640. The Kier molecular flexibility index (Phi) is 3.01. The fourth-order valence-corrected chi connectivity index (χ4v) is 4.54. The van der Waals surface area contributed by atoms with Crippen molar-refractivity contribution in [2.45, 2.75) is 31.3 Å². The van der Waals surface area contributed by atoms with Gasteiger partial charge in [-0.15, -0.1) is 11.3 Å². The van der Waals surface area contributed by atoms with Gasteiger partial charge in [0.2, 0.25) is 0 Å². The minimum Gasteiger partial charge on any atom is -0.297 e. The molecule has 4 rings (SSSR count). The number of thiophene rings is 1. The van der Waals surface area contributed by atoms with Crippen molar-refractivity contribution in [2.24, 2.45) is 0 Å². The zero-order valence-corrected chi connectivity index (χ0v) is 12.6. The van der Waals surface area contributed by atoms with Gasteiger partial charge in [0.1, 0.15) is 0 Å². The van der Waals surface area contributed by atoms with E-state index in [2.05, 4.69) is 60.5 Å². The second kappa shape index (κ2) is 4.87. The summed E-state index contributed by atoms with van der Waals surface area (Å²) < 4.78 is 0. The maximum atomic E-state index is 2.55. The molecule has 0 radical (unpaired) electrons. The highest BCUT2D eigenvalue weighted by molar-refractivity contribution is 7.16. The molecule has 0 N–H and O–H groups in total. The molecule has 3 heterocycles. The minimum absolute atomic E-state index is 0.672. The molecule has 0 spiro atoms. The van der Waals surface area contributed by atoms with Crippen LogP contribution in [0.25, 0.3) is 16.0 Å². The molecule has 1 fully saturated rings. The topological polar surface area (TPSA) is 3.24 Å². The van der Waals surface area contributed by atoms with E-state index >= 15 is 0 Å². The van der Waals surface area contributed by atoms with Gasteiger partial charge in [-0.3, -0.25) is 4.90 Å². The number of likely N-dealkylation sites (N-methyl/N-ethyl adjacent to an activating group) is 1. The van der Waals surface area contributed by atoms with Crippen LogP contribution in [-0.2, 0) is 0 Å². The van der Waals surface area contributed by atoms with Crippen LogP contribution in [0.5, 0.6) is 0 Å². The van der Waals surface area contributed by atoms with Crippen LogP contribution < -0.4 is 0 Å². The van der Waals surface area contributed by atoms with E-state index in [0.29, 0.717) is 6.04 Å². The van der Waals surface area contributed by atoms with E-state index in [4.69, 9.17) is 0 Å². The summed E-state index contributed by atoms with van der Waals surface area (Å²) in [6, 6.07) is 16.7. The fourth-order valence-electron chi connectivity index (χ4n) is 3.49. The molecule has 102 valence electrons. The van der Waals surface area contributed by atoms with E-state index in [-0.39, 0.29) is 0 Å². The van der Waals surface area contributed by atoms with Crippen molar-refractivity contribution in [1.82, 2.24) is 4.90 Å². The van der Waals surface area contributed by atoms with E-state index in [1.807, 2.05) is 11.3 Å². The second-order valence-electron chi connectivity index (χ2n) is 5.89. The Balaban J connectivity index is 1.65. The first-order valence-corrected chi connectivity index (χ1v) is 8.21. The molecule has 0 amide bonds. The van der Waals surface area contributed by atoms with Gasteiger partial charge >= 0.3 is 0 Å². The second-order valence-corrected chi connectivity index (χ2v) is 6.97. The highest BCUT2D eigenvalue weighted by Gasteiger charge is 2.34. The third-order valence-corrected chi connectivity index (χ3v) is 5.93. The normalized spacial score (nSPS) is 25.8. The SMILES string of the molecule is CN1C2C=C(c3ccc(-c4ccccc4)s3)CC1CC2. The van der Waals surface area contributed by atoms with Crippen molar-refractivity contribution < 1.29 is 0 Å². The third-order valence-electron chi connectivity index (χ3n) is 4.72. The van der Waals surface area contributed by atoms with Crippen LogP contribution in [-0.4, -0.2) is 24.0 Å². The summed E-state index contributed by atoms with van der Waals surface area (Å²) in [5.41, 5.74) is 2.91. The van der Waals surface area contributed by atoms with Gasteiger partial charge < -0.3 is 0 Å². The standard InChI is InChI=1S/C18H19NS/c1-19-15-7-8-16(19)12-14(11-15)18-10-9-17(20-18)13-5-3-2-4-6-13/h2-6,9-11,15-16H,7-8,12H2,1H3. The van der Waals surface area contributed by atoms with Gasteiger partial charge in [-0.1, -0.05) is 36.4 Å². The number of fused-ring (bicyclic) bond motifs is 2. The first-order valence-electron chi connectivity index (χ1n) is 7.39. The molecule has 0 aliphatic carbocycles. The van der Waals surface area contributed by atoms with Gasteiger partial charge in [0, 0.05) is 21.8 Å². The summed E-state index contributed by atoms with van der Waals surface area (Å²) in [4.78, 5) is 5.40. The van der Waals surface area contributed by atoms with Gasteiger partial charge in [0.25, 0.3) is 0 Å². The van der Waals surface area contributed by atoms with E-state index < -0.39 is 0 Å². The summed E-state index contributed by atoms with van der Waals surface area (Å²) >= 11 is 1.94. The average molecular weight is 281 g/mol. The molecule has 2 heteroatoms. The number of rotatable bonds is 2. The quantitative estimate of drug-likeness (QED) is 0.773. The molecule has 2 aliphatic heterocycles. The first kappa shape index (κ1) is 12.4. The van der Waals surface area contributed by atoms with Crippen molar-refractivity contribution in [3.8, 4) is 10.4 Å². The average Bonchev–Trinajstić information content (AvgIpc) is 3.03. The van der Waals surface area contributed by atoms with Crippen molar-refractivity contribution in [1.29, 1.82) is 0 Å². The van der Waals surface area contributed by atoms with Crippen LogP contribution in [0.1, 0.15) is 24.1 Å². The summed E-state index contributed by atoms with van der Waals surface area (Å²) in [7, 11) is 2.28. The third kappa shape index (κ3) is 2.04. The lowest BCUT2D eigenvalue weighted by Gasteiger charge is -2.30. The molecule has 2 aliphatic rings. The smallest absolute Gasteiger partial charge is 0.0349 e. The van der Waals surface area contributed by atoms with Gasteiger partial charge in [-0.25, -0.2) is 0 Å². The Hall–Kier alpha value is -1.38. The predicted octanol–water partition coefficient (Wildman–Crippen LogP) is 4.67. The van der Waals surface area contributed by atoms with E-state index in [1.165, 1.54) is 34.6 Å². The summed E-state index contributed by atoms with van der Waals surface area (Å²) in [5, 5.41) is 0. The number of benzene rings is 1. The highest BCUT2D eigenvalue weighted by Crippen LogP contribution is 2.40. The van der Waals surface area contributed by atoms with Crippen molar-refractivity contribution >= 4 is 16.9 Å². The van der Waals surface area contributed by atoms with Gasteiger partial charge in [-0.2, -0.15) is 0 Å². The monoisotopic (exact) mass is 281 g/mol. The zero-order chi connectivity index (χ0) is 13.5. The lowest BCUT2D eigenvalue weighted by Crippen LogP contribution is -2.34. The molecule has 2 bridgehead atoms. The lowest BCUT2D eigenvalue weighted by molar-refractivity contribution is 0.264. The molecule has 1 aromatic heterocycles. The molecule has 2 atom stereocenters. The maximum Gasteiger partial charge on any atom is 0.0349 e. The molecule has 1 nitrogen and oxygen atoms in total. The molecule has 1 saturated heterocycles. The minimum atomic E-state index is 0.672. The van der Waals surface area contributed by atoms with Crippen LogP contribution in [0.15, 0.2) is 48.5 Å². The van der Waals surface area contributed by atoms with E-state index in [9.17, 15) is 0 Å². The maximum absolute atomic E-state index is 2.55. The molecule has 20 heavy (non-hydrogen) atoms. The van der Waals surface area contributed by atoms with Crippen molar-refractivity contribution in [3.63, 3.8) is 0 Å². The Morgan fingerprint density at radius 3 is 2.60 bits per heavy atom. The Labute approximate surface area is 124 Å². The van der Waals surface area contributed by atoms with E-state index in [0.717, 1.165) is 6.04 Å². The largest absolute Gasteiger partial charge is 0.297 e. The van der Waals surface area contributed by atoms with Crippen LogP contribution >= 0.6 is 11.3 Å². The molecule has 2 unspecified atom stereocenters.